The highest BCUT2D eigenvalue weighted by atomic mass is 35.5. The standard InChI is InChI=1S/C14H10Cl2N2O3/c1-7-2-12(16)11(6-17-7)13(19)18-10-4-8(14(20)21)3-9(15)5-10/h2-6H,1H3,(H,18,19)(H,20,21). The number of anilines is 1. The molecule has 1 heterocycles. The third-order valence-electron chi connectivity index (χ3n) is 2.64. The molecule has 2 N–H and O–H groups in total. The van der Waals surface area contributed by atoms with Gasteiger partial charge in [-0.1, -0.05) is 23.2 Å². The van der Waals surface area contributed by atoms with Gasteiger partial charge in [0.1, 0.15) is 0 Å². The molecule has 0 saturated heterocycles. The molecule has 0 aliphatic heterocycles. The summed E-state index contributed by atoms with van der Waals surface area (Å²) in [6.07, 6.45) is 1.36. The summed E-state index contributed by atoms with van der Waals surface area (Å²) in [5.41, 5.74) is 1.12. The summed E-state index contributed by atoms with van der Waals surface area (Å²) in [6.45, 7) is 1.75. The van der Waals surface area contributed by atoms with Gasteiger partial charge in [-0.25, -0.2) is 4.79 Å². The molecule has 108 valence electrons. The van der Waals surface area contributed by atoms with Gasteiger partial charge in [0.05, 0.1) is 16.1 Å². The smallest absolute Gasteiger partial charge is 0.335 e. The van der Waals surface area contributed by atoms with Crippen molar-refractivity contribution in [3.63, 3.8) is 0 Å². The molecular formula is C14H10Cl2N2O3. The Kier molecular flexibility index (Phi) is 4.45. The fourth-order valence-electron chi connectivity index (χ4n) is 1.68. The highest BCUT2D eigenvalue weighted by Crippen LogP contribution is 2.21. The number of hydrogen-bond donors (Lipinski definition) is 2. The van der Waals surface area contributed by atoms with Crippen molar-refractivity contribution in [2.45, 2.75) is 6.92 Å². The highest BCUT2D eigenvalue weighted by Gasteiger charge is 2.13. The van der Waals surface area contributed by atoms with Gasteiger partial charge in [0.25, 0.3) is 5.91 Å². The number of aromatic nitrogens is 1. The normalized spacial score (nSPS) is 10.2. The first-order valence-corrected chi connectivity index (χ1v) is 6.60. The van der Waals surface area contributed by atoms with E-state index in [0.717, 1.165) is 0 Å². The zero-order valence-corrected chi connectivity index (χ0v) is 12.4. The lowest BCUT2D eigenvalue weighted by Crippen LogP contribution is -2.13. The van der Waals surface area contributed by atoms with Gasteiger partial charge in [-0.05, 0) is 31.2 Å². The number of carbonyl (C=O) groups is 2. The average Bonchev–Trinajstić information content (AvgIpc) is 2.37. The first-order chi connectivity index (χ1) is 9.86. The van der Waals surface area contributed by atoms with Crippen LogP contribution in [0.1, 0.15) is 26.4 Å². The molecule has 5 nitrogen and oxygen atoms in total. The molecule has 0 spiro atoms. The summed E-state index contributed by atoms with van der Waals surface area (Å²) in [6, 6.07) is 5.61. The zero-order valence-electron chi connectivity index (χ0n) is 10.9. The number of carboxylic acid groups (broad SMARTS) is 1. The second-order valence-corrected chi connectivity index (χ2v) is 5.14. The van der Waals surface area contributed by atoms with E-state index in [4.69, 9.17) is 28.3 Å². The van der Waals surface area contributed by atoms with Crippen LogP contribution in [0.5, 0.6) is 0 Å². The maximum atomic E-state index is 12.1. The first-order valence-electron chi connectivity index (χ1n) is 5.84. The minimum atomic E-state index is -1.14. The van der Waals surface area contributed by atoms with Gasteiger partial charge in [0, 0.05) is 22.6 Å². The molecule has 1 aromatic heterocycles. The molecule has 0 atom stereocenters. The lowest BCUT2D eigenvalue weighted by Gasteiger charge is -2.08. The molecule has 0 bridgehead atoms. The van der Waals surface area contributed by atoms with E-state index in [1.165, 1.54) is 24.4 Å². The number of aromatic carboxylic acids is 1. The second kappa shape index (κ2) is 6.11. The van der Waals surface area contributed by atoms with Crippen molar-refractivity contribution < 1.29 is 14.7 Å². The van der Waals surface area contributed by atoms with Crippen molar-refractivity contribution in [2.24, 2.45) is 0 Å². The SMILES string of the molecule is Cc1cc(Cl)c(C(=O)Nc2cc(Cl)cc(C(=O)O)c2)cn1. The van der Waals surface area contributed by atoms with Gasteiger partial charge < -0.3 is 10.4 Å². The minimum Gasteiger partial charge on any atom is -0.478 e. The Morgan fingerprint density at radius 3 is 2.52 bits per heavy atom. The van der Waals surface area contributed by atoms with Crippen LogP contribution in [0.25, 0.3) is 0 Å². The lowest BCUT2D eigenvalue weighted by atomic mass is 10.2. The van der Waals surface area contributed by atoms with E-state index in [1.807, 2.05) is 0 Å². The Morgan fingerprint density at radius 1 is 1.19 bits per heavy atom. The van der Waals surface area contributed by atoms with Gasteiger partial charge in [-0.15, -0.1) is 0 Å². The summed E-state index contributed by atoms with van der Waals surface area (Å²) in [5.74, 6) is -1.63. The molecule has 2 aromatic rings. The van der Waals surface area contributed by atoms with E-state index in [0.29, 0.717) is 5.69 Å². The number of nitrogens with zero attached hydrogens (tertiary/aromatic N) is 1. The number of pyridine rings is 1. The van der Waals surface area contributed by atoms with E-state index < -0.39 is 11.9 Å². The van der Waals surface area contributed by atoms with Crippen LogP contribution in [-0.4, -0.2) is 22.0 Å². The fraction of sp³-hybridized carbons (Fsp3) is 0.0714. The molecule has 7 heteroatoms. The Hall–Kier alpha value is -2.11. The number of aryl methyl sites for hydroxylation is 1. The predicted molar refractivity (Wildman–Crippen MR) is 80.3 cm³/mol. The number of carbonyl (C=O) groups excluding carboxylic acids is 1. The van der Waals surface area contributed by atoms with E-state index in [-0.39, 0.29) is 26.9 Å². The molecule has 21 heavy (non-hydrogen) atoms. The van der Waals surface area contributed by atoms with Crippen molar-refractivity contribution in [3.8, 4) is 0 Å². The molecule has 0 saturated carbocycles. The van der Waals surface area contributed by atoms with Crippen molar-refractivity contribution >= 4 is 40.8 Å². The van der Waals surface area contributed by atoms with Crippen molar-refractivity contribution in [1.29, 1.82) is 0 Å². The monoisotopic (exact) mass is 324 g/mol. The van der Waals surface area contributed by atoms with Crippen LogP contribution in [0.15, 0.2) is 30.5 Å². The number of benzene rings is 1. The molecule has 2 rings (SSSR count). The molecular weight excluding hydrogens is 315 g/mol. The molecule has 0 aliphatic rings. The molecule has 0 fully saturated rings. The average molecular weight is 325 g/mol. The van der Waals surface area contributed by atoms with Crippen LogP contribution in [0.4, 0.5) is 5.69 Å². The van der Waals surface area contributed by atoms with Crippen molar-refractivity contribution in [2.75, 3.05) is 5.32 Å². The molecule has 1 aromatic carbocycles. The maximum absolute atomic E-state index is 12.1. The van der Waals surface area contributed by atoms with E-state index >= 15 is 0 Å². The largest absolute Gasteiger partial charge is 0.478 e. The fourth-order valence-corrected chi connectivity index (χ4v) is 2.20. The molecule has 0 radical (unpaired) electrons. The minimum absolute atomic E-state index is 0.0223. The number of rotatable bonds is 3. The Balaban J connectivity index is 2.29. The van der Waals surface area contributed by atoms with Crippen LogP contribution in [0.3, 0.4) is 0 Å². The Bertz CT molecular complexity index is 732. The summed E-state index contributed by atoms with van der Waals surface area (Å²) >= 11 is 11.8. The van der Waals surface area contributed by atoms with Crippen LogP contribution in [-0.2, 0) is 0 Å². The zero-order chi connectivity index (χ0) is 15.6. The topological polar surface area (TPSA) is 79.3 Å². The van der Waals surface area contributed by atoms with E-state index in [2.05, 4.69) is 10.3 Å². The van der Waals surface area contributed by atoms with Crippen LogP contribution in [0, 0.1) is 6.92 Å². The van der Waals surface area contributed by atoms with Gasteiger partial charge >= 0.3 is 5.97 Å². The van der Waals surface area contributed by atoms with Crippen LogP contribution in [0.2, 0.25) is 10.0 Å². The third-order valence-corrected chi connectivity index (χ3v) is 3.17. The third kappa shape index (κ3) is 3.71. The lowest BCUT2D eigenvalue weighted by molar-refractivity contribution is 0.0696. The van der Waals surface area contributed by atoms with Crippen LogP contribution >= 0.6 is 23.2 Å². The van der Waals surface area contributed by atoms with E-state index in [9.17, 15) is 9.59 Å². The Morgan fingerprint density at radius 2 is 1.90 bits per heavy atom. The number of nitrogens with one attached hydrogen (secondary N) is 1. The van der Waals surface area contributed by atoms with E-state index in [1.54, 1.807) is 13.0 Å². The number of amides is 1. The molecule has 0 unspecified atom stereocenters. The van der Waals surface area contributed by atoms with Crippen LogP contribution < -0.4 is 5.32 Å². The second-order valence-electron chi connectivity index (χ2n) is 4.29. The van der Waals surface area contributed by atoms with Crippen molar-refractivity contribution in [1.82, 2.24) is 4.98 Å². The summed E-state index contributed by atoms with van der Waals surface area (Å²) in [5, 5.41) is 12.0. The molecule has 0 aliphatic carbocycles. The summed E-state index contributed by atoms with van der Waals surface area (Å²) in [4.78, 5) is 27.1. The summed E-state index contributed by atoms with van der Waals surface area (Å²) < 4.78 is 0. The van der Waals surface area contributed by atoms with Gasteiger partial charge in [-0.2, -0.15) is 0 Å². The van der Waals surface area contributed by atoms with Gasteiger partial charge in [0.15, 0.2) is 0 Å². The first kappa shape index (κ1) is 15.3. The molecule has 1 amide bonds. The summed E-state index contributed by atoms with van der Waals surface area (Å²) in [7, 11) is 0. The van der Waals surface area contributed by atoms with Gasteiger partial charge in [-0.3, -0.25) is 9.78 Å². The predicted octanol–water partition coefficient (Wildman–Crippen LogP) is 3.65. The van der Waals surface area contributed by atoms with Crippen molar-refractivity contribution in [3.05, 3.63) is 57.3 Å². The number of carboxylic acids is 1. The van der Waals surface area contributed by atoms with Gasteiger partial charge in [0.2, 0.25) is 0 Å². The Labute approximate surface area is 130 Å². The number of hydrogen-bond acceptors (Lipinski definition) is 3. The quantitative estimate of drug-likeness (QED) is 0.903. The number of halogens is 2. The highest BCUT2D eigenvalue weighted by molar-refractivity contribution is 6.34. The maximum Gasteiger partial charge on any atom is 0.335 e.